The van der Waals surface area contributed by atoms with Gasteiger partial charge >= 0.3 is 0 Å². The summed E-state index contributed by atoms with van der Waals surface area (Å²) in [5, 5.41) is 13.2. The lowest BCUT2D eigenvalue weighted by atomic mass is 10.2. The van der Waals surface area contributed by atoms with Gasteiger partial charge < -0.3 is 10.1 Å². The number of rotatable bonds is 7. The molecule has 3 aromatic carbocycles. The molecule has 0 saturated heterocycles. The molecule has 0 amide bonds. The molecule has 4 aromatic rings. The minimum Gasteiger partial charge on any atom is -0.457 e. The van der Waals surface area contributed by atoms with Gasteiger partial charge in [0.15, 0.2) is 4.34 Å². The van der Waals surface area contributed by atoms with Crippen molar-refractivity contribution < 1.29 is 4.74 Å². The lowest BCUT2D eigenvalue weighted by molar-refractivity contribution is 0.483. The van der Waals surface area contributed by atoms with E-state index in [9.17, 15) is 0 Å². The van der Waals surface area contributed by atoms with E-state index in [1.54, 1.807) is 11.8 Å². The van der Waals surface area contributed by atoms with Crippen molar-refractivity contribution in [3.05, 3.63) is 89.4 Å². The van der Waals surface area contributed by atoms with Crippen molar-refractivity contribution in [1.29, 1.82) is 0 Å². The Hall–Kier alpha value is -2.54. The van der Waals surface area contributed by atoms with E-state index in [4.69, 9.17) is 16.3 Å². The average molecular weight is 426 g/mol. The molecule has 0 unspecified atom stereocenters. The summed E-state index contributed by atoms with van der Waals surface area (Å²) in [4.78, 5) is 0. The molecule has 140 valence electrons. The van der Waals surface area contributed by atoms with Crippen molar-refractivity contribution >= 4 is 45.5 Å². The fraction of sp³-hybridized carbons (Fsp3) is 0.0476. The highest BCUT2D eigenvalue weighted by molar-refractivity contribution is 8.00. The lowest BCUT2D eigenvalue weighted by Gasteiger charge is -2.06. The van der Waals surface area contributed by atoms with Crippen molar-refractivity contribution in [3.8, 4) is 11.5 Å². The maximum atomic E-state index is 5.92. The number of benzene rings is 3. The van der Waals surface area contributed by atoms with Crippen LogP contribution < -0.4 is 10.1 Å². The van der Waals surface area contributed by atoms with Crippen LogP contribution in [0, 0.1) is 0 Å². The summed E-state index contributed by atoms with van der Waals surface area (Å²) in [5.74, 6) is 2.43. The molecule has 0 fully saturated rings. The van der Waals surface area contributed by atoms with Crippen LogP contribution in [-0.4, -0.2) is 10.2 Å². The fourth-order valence-corrected chi connectivity index (χ4v) is 4.25. The Morgan fingerprint density at radius 2 is 1.57 bits per heavy atom. The van der Waals surface area contributed by atoms with Crippen molar-refractivity contribution in [3.63, 3.8) is 0 Å². The first-order chi connectivity index (χ1) is 13.7. The number of para-hydroxylation sites is 1. The Balaban J connectivity index is 1.32. The van der Waals surface area contributed by atoms with Gasteiger partial charge in [-0.25, -0.2) is 0 Å². The number of ether oxygens (including phenoxy) is 1. The highest BCUT2D eigenvalue weighted by atomic mass is 35.5. The molecule has 0 atom stereocenters. The monoisotopic (exact) mass is 425 g/mol. The normalized spacial score (nSPS) is 10.6. The number of hydrogen-bond donors (Lipinski definition) is 1. The van der Waals surface area contributed by atoms with E-state index in [1.165, 1.54) is 16.9 Å². The highest BCUT2D eigenvalue weighted by Gasteiger charge is 2.06. The van der Waals surface area contributed by atoms with Crippen LogP contribution in [0.4, 0.5) is 10.8 Å². The van der Waals surface area contributed by atoms with Gasteiger partial charge in [-0.05, 0) is 54.1 Å². The van der Waals surface area contributed by atoms with Gasteiger partial charge in [0.05, 0.1) is 0 Å². The molecule has 1 N–H and O–H groups in total. The Morgan fingerprint density at radius 1 is 0.857 bits per heavy atom. The lowest BCUT2D eigenvalue weighted by Crippen LogP contribution is -1.90. The molecule has 0 bridgehead atoms. The molecule has 7 heteroatoms. The second-order valence-corrected chi connectivity index (χ2v) is 8.49. The van der Waals surface area contributed by atoms with E-state index >= 15 is 0 Å². The summed E-state index contributed by atoms with van der Waals surface area (Å²) in [6.07, 6.45) is 0. The third kappa shape index (κ3) is 5.25. The predicted octanol–water partition coefficient (Wildman–Crippen LogP) is 7.02. The van der Waals surface area contributed by atoms with Crippen LogP contribution in [0.3, 0.4) is 0 Å². The summed E-state index contributed by atoms with van der Waals surface area (Å²) in [7, 11) is 0. The molecular formula is C21H16ClN3OS2. The second-order valence-electron chi connectivity index (χ2n) is 5.85. The quantitative estimate of drug-likeness (QED) is 0.322. The van der Waals surface area contributed by atoms with Crippen molar-refractivity contribution in [2.45, 2.75) is 10.1 Å². The van der Waals surface area contributed by atoms with Crippen LogP contribution in [0.1, 0.15) is 5.56 Å². The molecule has 0 aliphatic heterocycles. The number of nitrogens with zero attached hydrogens (tertiary/aromatic N) is 2. The molecule has 28 heavy (non-hydrogen) atoms. The summed E-state index contributed by atoms with van der Waals surface area (Å²) < 4.78 is 6.72. The Kier molecular flexibility index (Phi) is 6.11. The van der Waals surface area contributed by atoms with Crippen molar-refractivity contribution in [2.24, 2.45) is 0 Å². The zero-order valence-corrected chi connectivity index (χ0v) is 17.1. The fourth-order valence-electron chi connectivity index (χ4n) is 2.40. The van der Waals surface area contributed by atoms with E-state index < -0.39 is 0 Å². The largest absolute Gasteiger partial charge is 0.457 e. The van der Waals surface area contributed by atoms with Crippen LogP contribution in [0.15, 0.2) is 83.2 Å². The predicted molar refractivity (Wildman–Crippen MR) is 117 cm³/mol. The number of thioether (sulfide) groups is 1. The highest BCUT2D eigenvalue weighted by Crippen LogP contribution is 2.31. The smallest absolute Gasteiger partial charge is 0.210 e. The molecule has 0 aliphatic rings. The maximum Gasteiger partial charge on any atom is 0.210 e. The summed E-state index contributed by atoms with van der Waals surface area (Å²) in [5.41, 5.74) is 2.14. The maximum absolute atomic E-state index is 5.92. The molecule has 1 heterocycles. The Bertz CT molecular complexity index is 1020. The van der Waals surface area contributed by atoms with Crippen LogP contribution in [0.5, 0.6) is 11.5 Å². The summed E-state index contributed by atoms with van der Waals surface area (Å²) in [6, 6.07) is 25.3. The van der Waals surface area contributed by atoms with Gasteiger partial charge in [0.2, 0.25) is 5.13 Å². The number of hydrogen-bond acceptors (Lipinski definition) is 6. The van der Waals surface area contributed by atoms with E-state index in [-0.39, 0.29) is 0 Å². The summed E-state index contributed by atoms with van der Waals surface area (Å²) in [6.45, 7) is 0. The van der Waals surface area contributed by atoms with Gasteiger partial charge in [-0.2, -0.15) is 0 Å². The average Bonchev–Trinajstić information content (AvgIpc) is 3.17. The van der Waals surface area contributed by atoms with Gasteiger partial charge in [-0.1, -0.05) is 65.0 Å². The Morgan fingerprint density at radius 3 is 2.32 bits per heavy atom. The standard InChI is InChI=1S/C21H16ClN3OS2/c22-16-8-6-15(7-9-16)14-27-21-25-24-20(28-21)23-17-10-12-19(13-11-17)26-18-4-2-1-3-5-18/h1-13H,14H2,(H,23,24). The van der Waals surface area contributed by atoms with E-state index in [1.807, 2.05) is 78.9 Å². The molecule has 1 aromatic heterocycles. The van der Waals surface area contributed by atoms with Gasteiger partial charge in [0, 0.05) is 16.5 Å². The number of nitrogens with one attached hydrogen (secondary N) is 1. The van der Waals surface area contributed by atoms with Crippen molar-refractivity contribution in [2.75, 3.05) is 5.32 Å². The minimum atomic E-state index is 0.747. The molecule has 0 saturated carbocycles. The van der Waals surface area contributed by atoms with Crippen LogP contribution in [-0.2, 0) is 5.75 Å². The van der Waals surface area contributed by atoms with E-state index in [0.717, 1.165) is 37.4 Å². The zero-order chi connectivity index (χ0) is 19.2. The molecule has 0 radical (unpaired) electrons. The zero-order valence-electron chi connectivity index (χ0n) is 14.7. The van der Waals surface area contributed by atoms with Crippen LogP contribution >= 0.6 is 34.7 Å². The minimum absolute atomic E-state index is 0.747. The second kappa shape index (κ2) is 9.10. The first kappa shape index (κ1) is 18.8. The first-order valence-electron chi connectivity index (χ1n) is 8.55. The van der Waals surface area contributed by atoms with Gasteiger partial charge in [0.25, 0.3) is 0 Å². The van der Waals surface area contributed by atoms with Gasteiger partial charge in [0.1, 0.15) is 11.5 Å². The summed E-state index contributed by atoms with van der Waals surface area (Å²) >= 11 is 9.10. The van der Waals surface area contributed by atoms with E-state index in [2.05, 4.69) is 15.5 Å². The van der Waals surface area contributed by atoms with Gasteiger partial charge in [-0.15, -0.1) is 10.2 Å². The molecule has 4 rings (SSSR count). The number of halogens is 1. The number of anilines is 2. The van der Waals surface area contributed by atoms with E-state index in [0.29, 0.717) is 0 Å². The molecule has 0 aliphatic carbocycles. The number of aromatic nitrogens is 2. The van der Waals surface area contributed by atoms with Crippen LogP contribution in [0.2, 0.25) is 5.02 Å². The third-order valence-corrected chi connectivity index (χ3v) is 6.06. The van der Waals surface area contributed by atoms with Crippen LogP contribution in [0.25, 0.3) is 0 Å². The first-order valence-corrected chi connectivity index (χ1v) is 10.7. The SMILES string of the molecule is Clc1ccc(CSc2nnc(Nc3ccc(Oc4ccccc4)cc3)s2)cc1. The van der Waals surface area contributed by atoms with Crippen molar-refractivity contribution in [1.82, 2.24) is 10.2 Å². The Labute approximate surface area is 176 Å². The molecule has 0 spiro atoms. The molecule has 4 nitrogen and oxygen atoms in total. The van der Waals surface area contributed by atoms with Gasteiger partial charge in [-0.3, -0.25) is 0 Å². The topological polar surface area (TPSA) is 47.0 Å². The third-order valence-electron chi connectivity index (χ3n) is 3.77. The molecular weight excluding hydrogens is 410 g/mol.